The smallest absolute Gasteiger partial charge is 0.189 e. The fourth-order valence-corrected chi connectivity index (χ4v) is 2.31. The summed E-state index contributed by atoms with van der Waals surface area (Å²) in [6, 6.07) is 0. The van der Waals surface area contributed by atoms with Gasteiger partial charge in [0, 0.05) is 5.92 Å². The third-order valence-electron chi connectivity index (χ3n) is 3.15. The summed E-state index contributed by atoms with van der Waals surface area (Å²) >= 11 is 3.99. The SMILES string of the molecule is CCCCC(CC)CC(CCC)C(=O)S. The van der Waals surface area contributed by atoms with Crippen LogP contribution in [-0.2, 0) is 4.79 Å². The number of hydrogen-bond acceptors (Lipinski definition) is 1. The first-order valence-electron chi connectivity index (χ1n) is 6.38. The summed E-state index contributed by atoms with van der Waals surface area (Å²) in [6.45, 7) is 6.59. The van der Waals surface area contributed by atoms with E-state index in [2.05, 4.69) is 33.4 Å². The fraction of sp³-hybridized carbons (Fsp3) is 0.923. The molecule has 15 heavy (non-hydrogen) atoms. The van der Waals surface area contributed by atoms with E-state index in [9.17, 15) is 4.79 Å². The molecule has 0 aromatic carbocycles. The van der Waals surface area contributed by atoms with Crippen LogP contribution in [-0.4, -0.2) is 5.12 Å². The van der Waals surface area contributed by atoms with Crippen molar-refractivity contribution in [2.24, 2.45) is 11.8 Å². The van der Waals surface area contributed by atoms with Crippen LogP contribution >= 0.6 is 12.6 Å². The number of thiol groups is 1. The monoisotopic (exact) mass is 230 g/mol. The van der Waals surface area contributed by atoms with Crippen LogP contribution in [0.2, 0.25) is 0 Å². The van der Waals surface area contributed by atoms with Gasteiger partial charge in [-0.25, -0.2) is 0 Å². The molecular formula is C13H26OS. The van der Waals surface area contributed by atoms with E-state index in [0.29, 0.717) is 0 Å². The highest BCUT2D eigenvalue weighted by atomic mass is 32.1. The highest BCUT2D eigenvalue weighted by Crippen LogP contribution is 2.25. The molecule has 0 bridgehead atoms. The molecular weight excluding hydrogens is 204 g/mol. The van der Waals surface area contributed by atoms with Crippen LogP contribution in [0.25, 0.3) is 0 Å². The Morgan fingerprint density at radius 3 is 2.20 bits per heavy atom. The molecule has 0 aliphatic heterocycles. The van der Waals surface area contributed by atoms with Crippen LogP contribution in [0.4, 0.5) is 0 Å². The molecule has 0 fully saturated rings. The van der Waals surface area contributed by atoms with Crippen LogP contribution < -0.4 is 0 Å². The van der Waals surface area contributed by atoms with Gasteiger partial charge in [0.2, 0.25) is 0 Å². The van der Waals surface area contributed by atoms with Gasteiger partial charge < -0.3 is 0 Å². The van der Waals surface area contributed by atoms with Crippen molar-refractivity contribution in [2.45, 2.75) is 65.7 Å². The average molecular weight is 230 g/mol. The zero-order valence-electron chi connectivity index (χ0n) is 10.5. The topological polar surface area (TPSA) is 17.1 Å². The van der Waals surface area contributed by atoms with Gasteiger partial charge in [0.05, 0.1) is 0 Å². The Kier molecular flexibility index (Phi) is 9.27. The van der Waals surface area contributed by atoms with E-state index in [4.69, 9.17) is 0 Å². The van der Waals surface area contributed by atoms with Crippen molar-refractivity contribution in [1.82, 2.24) is 0 Å². The average Bonchev–Trinajstić information content (AvgIpc) is 2.22. The van der Waals surface area contributed by atoms with Gasteiger partial charge in [-0.2, -0.15) is 0 Å². The van der Waals surface area contributed by atoms with Gasteiger partial charge in [0.1, 0.15) is 0 Å². The molecule has 0 rings (SSSR count). The molecule has 0 aromatic heterocycles. The maximum atomic E-state index is 11.3. The Morgan fingerprint density at radius 2 is 1.80 bits per heavy atom. The maximum Gasteiger partial charge on any atom is 0.189 e. The zero-order chi connectivity index (χ0) is 11.7. The Bertz CT molecular complexity index is 168. The van der Waals surface area contributed by atoms with Crippen molar-refractivity contribution in [1.29, 1.82) is 0 Å². The van der Waals surface area contributed by atoms with Crippen LogP contribution in [0, 0.1) is 11.8 Å². The first-order chi connectivity index (χ1) is 7.15. The quantitative estimate of drug-likeness (QED) is 0.578. The molecule has 0 N–H and O–H groups in total. The second kappa shape index (κ2) is 9.26. The minimum absolute atomic E-state index is 0.0896. The van der Waals surface area contributed by atoms with Gasteiger partial charge >= 0.3 is 0 Å². The predicted molar refractivity (Wildman–Crippen MR) is 70.3 cm³/mol. The molecule has 0 aliphatic rings. The summed E-state index contributed by atoms with van der Waals surface area (Å²) < 4.78 is 0. The summed E-state index contributed by atoms with van der Waals surface area (Å²) in [6.07, 6.45) is 8.15. The lowest BCUT2D eigenvalue weighted by Gasteiger charge is -2.19. The number of carbonyl (C=O) groups is 1. The Morgan fingerprint density at radius 1 is 1.13 bits per heavy atom. The van der Waals surface area contributed by atoms with E-state index < -0.39 is 0 Å². The number of hydrogen-bond donors (Lipinski definition) is 1. The largest absolute Gasteiger partial charge is 0.287 e. The van der Waals surface area contributed by atoms with Gasteiger partial charge in [-0.3, -0.25) is 4.79 Å². The third kappa shape index (κ3) is 6.99. The first kappa shape index (κ1) is 15.0. The standard InChI is InChI=1S/C13H26OS/c1-4-7-9-11(6-3)10-12(8-5-2)13(14)15/h11-12H,4-10H2,1-3H3,(H,14,15). The van der Waals surface area contributed by atoms with Crippen molar-refractivity contribution >= 4 is 17.7 Å². The predicted octanol–water partition coefficient (Wildman–Crippen LogP) is 4.47. The minimum atomic E-state index is 0.0896. The molecule has 2 atom stereocenters. The summed E-state index contributed by atoms with van der Waals surface area (Å²) in [4.78, 5) is 11.3. The summed E-state index contributed by atoms with van der Waals surface area (Å²) in [7, 11) is 0. The number of rotatable bonds is 9. The molecule has 1 nitrogen and oxygen atoms in total. The third-order valence-corrected chi connectivity index (χ3v) is 3.51. The molecule has 0 heterocycles. The van der Waals surface area contributed by atoms with Crippen LogP contribution in [0.1, 0.15) is 65.7 Å². The number of carbonyl (C=O) groups excluding carboxylic acids is 1. The molecule has 0 saturated carbocycles. The Balaban J connectivity index is 4.03. The molecule has 2 heteroatoms. The summed E-state index contributed by atoms with van der Waals surface area (Å²) in [5.41, 5.74) is 0. The van der Waals surface area contributed by atoms with Crippen LogP contribution in [0.5, 0.6) is 0 Å². The fourth-order valence-electron chi connectivity index (χ4n) is 2.07. The van der Waals surface area contributed by atoms with Crippen molar-refractivity contribution in [2.75, 3.05) is 0 Å². The van der Waals surface area contributed by atoms with Crippen molar-refractivity contribution in [3.8, 4) is 0 Å². The normalized spacial score (nSPS) is 14.9. The van der Waals surface area contributed by atoms with Gasteiger partial charge in [0.25, 0.3) is 0 Å². The van der Waals surface area contributed by atoms with Crippen LogP contribution in [0.3, 0.4) is 0 Å². The zero-order valence-corrected chi connectivity index (χ0v) is 11.4. The van der Waals surface area contributed by atoms with E-state index in [0.717, 1.165) is 25.2 Å². The molecule has 0 aromatic rings. The lowest BCUT2D eigenvalue weighted by atomic mass is 9.87. The van der Waals surface area contributed by atoms with E-state index in [1.54, 1.807) is 0 Å². The second-order valence-corrected chi connectivity index (χ2v) is 4.92. The Labute approximate surface area is 100 Å². The van der Waals surface area contributed by atoms with E-state index >= 15 is 0 Å². The minimum Gasteiger partial charge on any atom is -0.287 e. The van der Waals surface area contributed by atoms with Gasteiger partial charge in [-0.05, 0) is 18.8 Å². The van der Waals surface area contributed by atoms with E-state index in [1.165, 1.54) is 25.7 Å². The maximum absolute atomic E-state index is 11.3. The molecule has 0 amide bonds. The summed E-state index contributed by atoms with van der Waals surface area (Å²) in [5, 5.41) is 0.0896. The van der Waals surface area contributed by atoms with E-state index in [1.807, 2.05) is 0 Å². The highest BCUT2D eigenvalue weighted by Gasteiger charge is 2.18. The van der Waals surface area contributed by atoms with Gasteiger partial charge in [-0.15, -0.1) is 12.6 Å². The summed E-state index contributed by atoms with van der Waals surface area (Å²) in [5.74, 6) is 0.915. The number of unbranched alkanes of at least 4 members (excludes halogenated alkanes) is 1. The molecule has 0 aliphatic carbocycles. The first-order valence-corrected chi connectivity index (χ1v) is 6.83. The molecule has 0 saturated heterocycles. The van der Waals surface area contributed by atoms with Crippen molar-refractivity contribution in [3.05, 3.63) is 0 Å². The second-order valence-electron chi connectivity index (χ2n) is 4.48. The Hall–Kier alpha value is 0.0200. The van der Waals surface area contributed by atoms with E-state index in [-0.39, 0.29) is 11.0 Å². The van der Waals surface area contributed by atoms with Crippen molar-refractivity contribution in [3.63, 3.8) is 0 Å². The molecule has 0 spiro atoms. The molecule has 90 valence electrons. The highest BCUT2D eigenvalue weighted by molar-refractivity contribution is 7.96. The molecule has 0 radical (unpaired) electrons. The van der Waals surface area contributed by atoms with Gasteiger partial charge in [-0.1, -0.05) is 52.9 Å². The van der Waals surface area contributed by atoms with Crippen molar-refractivity contribution < 1.29 is 4.79 Å². The lowest BCUT2D eigenvalue weighted by Crippen LogP contribution is -2.14. The molecule has 2 unspecified atom stereocenters. The van der Waals surface area contributed by atoms with Crippen LogP contribution in [0.15, 0.2) is 0 Å². The van der Waals surface area contributed by atoms with Gasteiger partial charge in [0.15, 0.2) is 5.12 Å². The lowest BCUT2D eigenvalue weighted by molar-refractivity contribution is -0.114.